The summed E-state index contributed by atoms with van der Waals surface area (Å²) in [6.45, 7) is 0.249. The molecular weight excluding hydrogens is 232 g/mol. The maximum absolute atomic E-state index is 11.0. The number of nitrogens with two attached hydrogens (primary N) is 1. The molecule has 2 rings (SSSR count). The van der Waals surface area contributed by atoms with Crippen LogP contribution in [0.3, 0.4) is 0 Å². The zero-order valence-corrected chi connectivity index (χ0v) is 9.76. The van der Waals surface area contributed by atoms with Crippen LogP contribution in [0.4, 0.5) is 0 Å². The molecule has 0 aromatic heterocycles. The number of hydrazine groups is 1. The van der Waals surface area contributed by atoms with Gasteiger partial charge in [-0.1, -0.05) is 35.9 Å². The van der Waals surface area contributed by atoms with E-state index in [2.05, 4.69) is 4.84 Å². The maximum Gasteiger partial charge on any atom is 0.329 e. The lowest BCUT2D eigenvalue weighted by Crippen LogP contribution is -2.26. The molecule has 18 heavy (non-hydrogen) atoms. The van der Waals surface area contributed by atoms with E-state index in [0.717, 1.165) is 16.5 Å². The number of carbonyl (C=O) groups is 1. The zero-order valence-electron chi connectivity index (χ0n) is 9.76. The lowest BCUT2D eigenvalue weighted by molar-refractivity contribution is -0.151. The quantitative estimate of drug-likeness (QED) is 0.618. The molecule has 0 bridgehead atoms. The van der Waals surface area contributed by atoms with Gasteiger partial charge in [-0.3, -0.25) is 4.79 Å². The minimum absolute atomic E-state index is 0.136. The van der Waals surface area contributed by atoms with Gasteiger partial charge in [-0.05, 0) is 22.9 Å². The first-order valence-electron chi connectivity index (χ1n) is 5.56. The van der Waals surface area contributed by atoms with E-state index in [-0.39, 0.29) is 13.0 Å². The summed E-state index contributed by atoms with van der Waals surface area (Å²) in [7, 11) is 0. The number of hydrogen-bond acceptors (Lipinski definition) is 5. The Morgan fingerprint density at radius 3 is 2.72 bits per heavy atom. The van der Waals surface area contributed by atoms with Gasteiger partial charge in [0.05, 0.1) is 13.0 Å². The molecule has 94 valence electrons. The highest BCUT2D eigenvalue weighted by molar-refractivity contribution is 5.83. The number of fused-ring (bicyclic) bond motifs is 1. The van der Waals surface area contributed by atoms with Crippen LogP contribution >= 0.6 is 0 Å². The first kappa shape index (κ1) is 12.3. The zero-order chi connectivity index (χ0) is 12.8. The van der Waals surface area contributed by atoms with Crippen LogP contribution in [-0.2, 0) is 9.63 Å². The van der Waals surface area contributed by atoms with Gasteiger partial charge in [0.1, 0.15) is 5.75 Å². The Kier molecular flexibility index (Phi) is 4.11. The molecule has 0 fully saturated rings. The maximum atomic E-state index is 11.0. The third-order valence-electron chi connectivity index (χ3n) is 2.47. The van der Waals surface area contributed by atoms with Crippen LogP contribution in [-0.4, -0.2) is 12.6 Å². The average Bonchev–Trinajstić information content (AvgIpc) is 2.39. The molecule has 0 atom stereocenters. The molecule has 0 amide bonds. The van der Waals surface area contributed by atoms with E-state index in [9.17, 15) is 4.79 Å². The van der Waals surface area contributed by atoms with E-state index in [1.807, 2.05) is 48.1 Å². The standard InChI is InChI=1S/C13H14N2O3/c14-15-18-13(16)7-8-17-12-6-5-10-3-1-2-4-11(10)9-12/h1-6,9,15H,7-8,14H2. The largest absolute Gasteiger partial charge is 0.493 e. The predicted octanol–water partition coefficient (Wildman–Crippen LogP) is 1.53. The third-order valence-corrected chi connectivity index (χ3v) is 2.47. The van der Waals surface area contributed by atoms with Crippen molar-refractivity contribution in [2.75, 3.05) is 6.61 Å². The molecule has 0 aliphatic rings. The Labute approximate surface area is 104 Å². The van der Waals surface area contributed by atoms with E-state index in [1.165, 1.54) is 0 Å². The summed E-state index contributed by atoms with van der Waals surface area (Å²) < 4.78 is 5.46. The van der Waals surface area contributed by atoms with E-state index < -0.39 is 5.97 Å². The van der Waals surface area contributed by atoms with Gasteiger partial charge in [0.25, 0.3) is 0 Å². The molecule has 5 nitrogen and oxygen atoms in total. The summed E-state index contributed by atoms with van der Waals surface area (Å²) in [5.41, 5.74) is 1.84. The van der Waals surface area contributed by atoms with Crippen LogP contribution < -0.4 is 16.2 Å². The minimum atomic E-state index is -0.460. The third kappa shape index (κ3) is 3.19. The molecule has 5 heteroatoms. The van der Waals surface area contributed by atoms with Crippen LogP contribution in [0.25, 0.3) is 10.8 Å². The smallest absolute Gasteiger partial charge is 0.329 e. The molecule has 0 heterocycles. The summed E-state index contributed by atoms with van der Waals surface area (Å²) in [5.74, 6) is 5.10. The number of benzene rings is 2. The highest BCUT2D eigenvalue weighted by Gasteiger charge is 2.03. The lowest BCUT2D eigenvalue weighted by atomic mass is 10.1. The van der Waals surface area contributed by atoms with Gasteiger partial charge in [-0.2, -0.15) is 0 Å². The van der Waals surface area contributed by atoms with Crippen molar-refractivity contribution in [1.82, 2.24) is 5.59 Å². The Hall–Kier alpha value is -2.11. The van der Waals surface area contributed by atoms with E-state index >= 15 is 0 Å². The Bertz CT molecular complexity index is 543. The van der Waals surface area contributed by atoms with Gasteiger partial charge in [0, 0.05) is 0 Å². The number of hydrogen-bond donors (Lipinski definition) is 2. The molecule has 0 aliphatic carbocycles. The van der Waals surface area contributed by atoms with Gasteiger partial charge >= 0.3 is 5.97 Å². The second kappa shape index (κ2) is 6.00. The molecule has 0 aliphatic heterocycles. The molecule has 2 aromatic carbocycles. The fourth-order valence-electron chi connectivity index (χ4n) is 1.63. The Morgan fingerprint density at radius 1 is 1.17 bits per heavy atom. The summed E-state index contributed by atoms with van der Waals surface area (Å²) in [5, 5.41) is 2.25. The molecule has 2 aromatic rings. The predicted molar refractivity (Wildman–Crippen MR) is 67.5 cm³/mol. The van der Waals surface area contributed by atoms with Crippen molar-refractivity contribution >= 4 is 16.7 Å². The Morgan fingerprint density at radius 2 is 1.94 bits per heavy atom. The van der Waals surface area contributed by atoms with Crippen LogP contribution in [0.15, 0.2) is 42.5 Å². The van der Waals surface area contributed by atoms with Crippen molar-refractivity contribution in [3.8, 4) is 5.75 Å². The number of ether oxygens (including phenoxy) is 1. The van der Waals surface area contributed by atoms with Gasteiger partial charge in [-0.25, -0.2) is 5.84 Å². The van der Waals surface area contributed by atoms with Crippen molar-refractivity contribution in [2.45, 2.75) is 6.42 Å². The van der Waals surface area contributed by atoms with E-state index in [4.69, 9.17) is 10.6 Å². The van der Waals surface area contributed by atoms with Crippen molar-refractivity contribution in [1.29, 1.82) is 0 Å². The van der Waals surface area contributed by atoms with Crippen LogP contribution in [0.5, 0.6) is 5.75 Å². The summed E-state index contributed by atoms with van der Waals surface area (Å²) in [6, 6.07) is 13.8. The Balaban J connectivity index is 1.93. The summed E-state index contributed by atoms with van der Waals surface area (Å²) >= 11 is 0. The molecule has 3 N–H and O–H groups in total. The van der Waals surface area contributed by atoms with Crippen LogP contribution in [0.1, 0.15) is 6.42 Å². The fraction of sp³-hybridized carbons (Fsp3) is 0.154. The number of nitrogens with one attached hydrogen (secondary N) is 1. The van der Waals surface area contributed by atoms with Crippen molar-refractivity contribution < 1.29 is 14.4 Å². The van der Waals surface area contributed by atoms with Crippen molar-refractivity contribution in [3.63, 3.8) is 0 Å². The van der Waals surface area contributed by atoms with Crippen molar-refractivity contribution in [2.24, 2.45) is 5.84 Å². The molecule has 0 saturated carbocycles. The topological polar surface area (TPSA) is 73.6 Å². The molecule has 0 unspecified atom stereocenters. The van der Waals surface area contributed by atoms with E-state index in [0.29, 0.717) is 0 Å². The van der Waals surface area contributed by atoms with Gasteiger partial charge in [0.15, 0.2) is 0 Å². The van der Waals surface area contributed by atoms with Crippen molar-refractivity contribution in [3.05, 3.63) is 42.5 Å². The molecule has 0 radical (unpaired) electrons. The van der Waals surface area contributed by atoms with Gasteiger partial charge in [-0.15, -0.1) is 0 Å². The molecule has 0 spiro atoms. The second-order valence-electron chi connectivity index (χ2n) is 3.70. The van der Waals surface area contributed by atoms with E-state index in [1.54, 1.807) is 0 Å². The highest BCUT2D eigenvalue weighted by Crippen LogP contribution is 2.20. The number of rotatable bonds is 5. The lowest BCUT2D eigenvalue weighted by Gasteiger charge is -2.06. The first-order chi connectivity index (χ1) is 8.79. The van der Waals surface area contributed by atoms with Crippen LogP contribution in [0, 0.1) is 0 Å². The normalized spacial score (nSPS) is 10.3. The second-order valence-corrected chi connectivity index (χ2v) is 3.70. The number of carbonyl (C=O) groups excluding carboxylic acids is 1. The fourth-order valence-corrected chi connectivity index (χ4v) is 1.63. The molecule has 0 saturated heterocycles. The summed E-state index contributed by atoms with van der Waals surface area (Å²) in [6.07, 6.45) is 0.136. The van der Waals surface area contributed by atoms with Crippen LogP contribution in [0.2, 0.25) is 0 Å². The first-order valence-corrected chi connectivity index (χ1v) is 5.56. The minimum Gasteiger partial charge on any atom is -0.493 e. The monoisotopic (exact) mass is 246 g/mol. The van der Waals surface area contributed by atoms with Gasteiger partial charge < -0.3 is 9.57 Å². The summed E-state index contributed by atoms with van der Waals surface area (Å²) in [4.78, 5) is 15.4. The average molecular weight is 246 g/mol. The molecular formula is C13H14N2O3. The highest BCUT2D eigenvalue weighted by atomic mass is 16.7. The van der Waals surface area contributed by atoms with Gasteiger partial charge in [0.2, 0.25) is 0 Å². The SMILES string of the molecule is NNOC(=O)CCOc1ccc2ccccc2c1.